The second kappa shape index (κ2) is 13.4. The van der Waals surface area contributed by atoms with Crippen molar-refractivity contribution in [3.63, 3.8) is 0 Å². The molecule has 0 fully saturated rings. The van der Waals surface area contributed by atoms with E-state index in [1.165, 1.54) is 24.9 Å². The minimum Gasteiger partial charge on any atom is -0.378 e. The third kappa shape index (κ3) is 7.89. The van der Waals surface area contributed by atoms with Gasteiger partial charge in [0, 0.05) is 48.1 Å². The van der Waals surface area contributed by atoms with E-state index in [-0.39, 0.29) is 17.4 Å². The summed E-state index contributed by atoms with van der Waals surface area (Å²) in [6.07, 6.45) is 8.59. The van der Waals surface area contributed by atoms with Gasteiger partial charge < -0.3 is 20.9 Å². The van der Waals surface area contributed by atoms with Crippen LogP contribution in [0.25, 0.3) is 0 Å². The number of anilines is 3. The highest BCUT2D eigenvalue weighted by atomic mass is 16.3. The van der Waals surface area contributed by atoms with E-state index in [9.17, 15) is 9.70 Å². The Labute approximate surface area is 229 Å². The summed E-state index contributed by atoms with van der Waals surface area (Å²) >= 11 is 0. The Morgan fingerprint density at radius 1 is 1.26 bits per heavy atom. The Kier molecular flexibility index (Phi) is 9.69. The molecule has 0 aliphatic carbocycles. The normalized spacial score (nSPS) is 13.6. The smallest absolute Gasteiger partial charge is 0.360 e. The average Bonchev–Trinajstić information content (AvgIpc) is 3.24. The number of aromatic amines is 1. The number of nitrogens with zero attached hydrogens (tertiary/aromatic N) is 5. The molecule has 210 valence electrons. The second-order valence-electron chi connectivity index (χ2n) is 10.4. The molecule has 0 radical (unpaired) electrons. The van der Waals surface area contributed by atoms with Gasteiger partial charge in [-0.15, -0.1) is 0 Å². The number of aromatic nitrogens is 5. The summed E-state index contributed by atoms with van der Waals surface area (Å²) in [6, 6.07) is 5.93. The number of nitrogens with one attached hydrogen (secondary N) is 3. The molecule has 4 heterocycles. The standard InChI is InChI=1S/C28H42N9O2/c1-20-19-21(2)36(34-20)18-17-35(14-5-4-8-24-10-9-23-7-6-12-31-27(23)32-24)15-11-25(22(3)38)33-28-26(29)30-13-16-37(28)39/h9-10,13,16,19,25,33H,4-8,11-12,14-15,17-18H2,1-3H3,(H,31,32)(H3,29,30,39)/q+1/t25-/m0/s1. The molecule has 1 aliphatic heterocycles. The minimum atomic E-state index is -0.522. The number of carbonyl (C=O) groups excluding carboxylic acids is 1. The van der Waals surface area contributed by atoms with Gasteiger partial charge in [0.15, 0.2) is 23.8 Å². The second-order valence-corrected chi connectivity index (χ2v) is 10.4. The molecule has 1 atom stereocenters. The van der Waals surface area contributed by atoms with Crippen molar-refractivity contribution in [1.29, 1.82) is 0 Å². The first-order chi connectivity index (χ1) is 18.8. The van der Waals surface area contributed by atoms with Gasteiger partial charge in [-0.25, -0.2) is 4.98 Å². The zero-order chi connectivity index (χ0) is 27.8. The maximum absolute atomic E-state index is 12.5. The van der Waals surface area contributed by atoms with Gasteiger partial charge in [0.25, 0.3) is 0 Å². The Bertz CT molecular complexity index is 1320. The van der Waals surface area contributed by atoms with E-state index in [2.05, 4.69) is 50.7 Å². The number of nitrogens with two attached hydrogens (primary N) is 1. The Balaban J connectivity index is 1.35. The molecule has 1 aliphatic rings. The molecule has 3 aromatic rings. The molecule has 5 N–H and O–H groups in total. The lowest BCUT2D eigenvalue weighted by atomic mass is 10.1. The number of nitrogen functional groups attached to an aromatic ring is 1. The third-order valence-corrected chi connectivity index (χ3v) is 7.30. The number of H-pyrrole nitrogens is 1. The van der Waals surface area contributed by atoms with Crippen LogP contribution < -0.4 is 20.8 Å². The molecule has 0 unspecified atom stereocenters. The number of fused-ring (bicyclic) bond motifs is 1. The Hall–Kier alpha value is -3.73. The topological polar surface area (TPSA) is 140 Å². The highest BCUT2D eigenvalue weighted by Crippen LogP contribution is 2.20. The molecule has 3 aromatic heterocycles. The van der Waals surface area contributed by atoms with Gasteiger partial charge in [0.05, 0.1) is 12.2 Å². The molecular formula is C28H42N9O2+. The van der Waals surface area contributed by atoms with Crippen molar-refractivity contribution in [3.05, 3.63) is 58.1 Å². The van der Waals surface area contributed by atoms with Crippen LogP contribution in [0.3, 0.4) is 0 Å². The van der Waals surface area contributed by atoms with Crippen molar-refractivity contribution < 1.29 is 9.22 Å². The van der Waals surface area contributed by atoms with E-state index in [4.69, 9.17) is 10.7 Å². The van der Waals surface area contributed by atoms with E-state index in [0.29, 0.717) is 17.4 Å². The fourth-order valence-electron chi connectivity index (χ4n) is 5.07. The lowest BCUT2D eigenvalue weighted by Gasteiger charge is -2.24. The van der Waals surface area contributed by atoms with E-state index < -0.39 is 6.04 Å². The van der Waals surface area contributed by atoms with Crippen LogP contribution in [-0.2, 0) is 24.2 Å². The summed E-state index contributed by atoms with van der Waals surface area (Å²) in [5.74, 6) is 1.37. The summed E-state index contributed by atoms with van der Waals surface area (Å²) < 4.78 is 2.68. The predicted octanol–water partition coefficient (Wildman–Crippen LogP) is 2.86. The number of hydrogen-bond donors (Lipinski definition) is 4. The lowest BCUT2D eigenvalue weighted by molar-refractivity contribution is -0.478. The Morgan fingerprint density at radius 3 is 2.85 bits per heavy atom. The number of rotatable bonds is 14. The van der Waals surface area contributed by atoms with Crippen molar-refractivity contribution >= 4 is 23.2 Å². The first-order valence-electron chi connectivity index (χ1n) is 13.9. The minimum absolute atomic E-state index is 0.0381. The monoisotopic (exact) mass is 536 g/mol. The van der Waals surface area contributed by atoms with Gasteiger partial charge >= 0.3 is 5.82 Å². The maximum atomic E-state index is 12.5. The van der Waals surface area contributed by atoms with Crippen LogP contribution in [-0.4, -0.2) is 62.7 Å². The molecule has 0 aromatic carbocycles. The van der Waals surface area contributed by atoms with Crippen LogP contribution in [0, 0.1) is 18.8 Å². The lowest BCUT2D eigenvalue weighted by Crippen LogP contribution is -2.38. The maximum Gasteiger partial charge on any atom is 0.360 e. The van der Waals surface area contributed by atoms with Crippen molar-refractivity contribution in [2.45, 2.75) is 71.9 Å². The fraction of sp³-hybridized carbons (Fsp3) is 0.536. The summed E-state index contributed by atoms with van der Waals surface area (Å²) in [5, 5.41) is 11.1. The van der Waals surface area contributed by atoms with Crippen LogP contribution in [0.1, 0.15) is 55.3 Å². The van der Waals surface area contributed by atoms with Crippen molar-refractivity contribution in [2.24, 2.45) is 0 Å². The number of aryl methyl sites for hydroxylation is 4. The number of hydrogen-bond acceptors (Lipinski definition) is 8. The quantitative estimate of drug-likeness (QED) is 0.182. The van der Waals surface area contributed by atoms with Gasteiger partial charge in [-0.2, -0.15) is 5.10 Å². The number of Topliss-reactive ketones (excluding diaryl/α,β-unsaturated/α-hetero) is 1. The van der Waals surface area contributed by atoms with Gasteiger partial charge in [-0.1, -0.05) is 11.0 Å². The van der Waals surface area contributed by atoms with E-state index in [1.807, 2.05) is 11.6 Å². The number of pyridine rings is 1. The van der Waals surface area contributed by atoms with Crippen LogP contribution in [0.5, 0.6) is 0 Å². The third-order valence-electron chi connectivity index (χ3n) is 7.30. The fourth-order valence-corrected chi connectivity index (χ4v) is 5.07. The van der Waals surface area contributed by atoms with Crippen molar-refractivity contribution in [3.8, 4) is 0 Å². The van der Waals surface area contributed by atoms with E-state index in [1.54, 1.807) is 0 Å². The van der Waals surface area contributed by atoms with E-state index >= 15 is 0 Å². The van der Waals surface area contributed by atoms with Crippen LogP contribution in [0.4, 0.5) is 17.5 Å². The number of ketones is 1. The molecule has 0 bridgehead atoms. The van der Waals surface area contributed by atoms with Crippen LogP contribution >= 0.6 is 0 Å². The first kappa shape index (κ1) is 28.3. The van der Waals surface area contributed by atoms with Gasteiger partial charge in [-0.05, 0) is 77.1 Å². The molecular weight excluding hydrogens is 494 g/mol. The Morgan fingerprint density at radius 2 is 2.10 bits per heavy atom. The van der Waals surface area contributed by atoms with E-state index in [0.717, 1.165) is 81.2 Å². The summed E-state index contributed by atoms with van der Waals surface area (Å²) in [6.45, 7) is 9.80. The van der Waals surface area contributed by atoms with Gasteiger partial charge in [0.2, 0.25) is 0 Å². The van der Waals surface area contributed by atoms with Crippen molar-refractivity contribution in [1.82, 2.24) is 24.6 Å². The molecule has 0 amide bonds. The summed E-state index contributed by atoms with van der Waals surface area (Å²) in [5.41, 5.74) is 10.5. The molecule has 0 saturated carbocycles. The van der Waals surface area contributed by atoms with Gasteiger partial charge in [-0.3, -0.25) is 14.8 Å². The molecule has 4 rings (SSSR count). The zero-order valence-corrected chi connectivity index (χ0v) is 23.4. The van der Waals surface area contributed by atoms with Crippen LogP contribution in [0.15, 0.2) is 30.6 Å². The average molecular weight is 537 g/mol. The molecule has 11 nitrogen and oxygen atoms in total. The number of carbonyl (C=O) groups is 1. The number of unbranched alkanes of at least 4 members (excludes halogenated alkanes) is 1. The molecule has 11 heteroatoms. The highest BCUT2D eigenvalue weighted by Gasteiger charge is 2.24. The largest absolute Gasteiger partial charge is 0.378 e. The summed E-state index contributed by atoms with van der Waals surface area (Å²) in [7, 11) is 0. The SMILES string of the molecule is CC(=O)[C@H](CCN(CCCCc1ccc2c(n1)NCCC2)CCn1nc(C)cc1C)Nc1c(N)[nH]cc[n+]1=O. The zero-order valence-electron chi connectivity index (χ0n) is 23.4. The predicted molar refractivity (Wildman–Crippen MR) is 153 cm³/mol. The highest BCUT2D eigenvalue weighted by molar-refractivity contribution is 5.84. The first-order valence-corrected chi connectivity index (χ1v) is 13.9. The molecule has 0 spiro atoms. The van der Waals surface area contributed by atoms with Crippen LogP contribution in [0.2, 0.25) is 0 Å². The molecule has 39 heavy (non-hydrogen) atoms. The summed E-state index contributed by atoms with van der Waals surface area (Å²) in [4.78, 5) is 34.7. The van der Waals surface area contributed by atoms with Crippen molar-refractivity contribution in [2.75, 3.05) is 42.5 Å². The molecule has 0 saturated heterocycles. The van der Waals surface area contributed by atoms with Gasteiger partial charge in [0.1, 0.15) is 5.82 Å².